The molecule has 4 rings (SSSR count). The Kier molecular flexibility index (Phi) is 3.43. The molecule has 0 saturated carbocycles. The molecule has 1 aliphatic heterocycles. The second-order valence-electron chi connectivity index (χ2n) is 5.48. The molecule has 0 unspecified atom stereocenters. The second kappa shape index (κ2) is 5.76. The fourth-order valence-corrected chi connectivity index (χ4v) is 2.80. The van der Waals surface area contributed by atoms with E-state index in [0.29, 0.717) is 10.8 Å². The van der Waals surface area contributed by atoms with Crippen molar-refractivity contribution in [3.05, 3.63) is 77.9 Å². The molecular formula is C19H12N2O4. The molecule has 0 spiro atoms. The maximum atomic E-state index is 12.2. The summed E-state index contributed by atoms with van der Waals surface area (Å²) in [5.41, 5.74) is 0.954. The zero-order valence-electron chi connectivity index (χ0n) is 12.9. The van der Waals surface area contributed by atoms with E-state index in [-0.39, 0.29) is 11.1 Å². The number of anilines is 1. The quantitative estimate of drug-likeness (QED) is 0.728. The van der Waals surface area contributed by atoms with Crippen molar-refractivity contribution in [1.29, 1.82) is 0 Å². The Labute approximate surface area is 142 Å². The van der Waals surface area contributed by atoms with Crippen LogP contribution in [-0.2, 0) is 4.84 Å². The van der Waals surface area contributed by atoms with Crippen LogP contribution in [0, 0.1) is 0 Å². The molecule has 1 aliphatic rings. The van der Waals surface area contributed by atoms with Crippen molar-refractivity contribution in [2.24, 2.45) is 0 Å². The van der Waals surface area contributed by atoms with Gasteiger partial charge < -0.3 is 4.84 Å². The lowest BCUT2D eigenvalue weighted by Gasteiger charge is -2.14. The van der Waals surface area contributed by atoms with Crippen LogP contribution >= 0.6 is 0 Å². The topological polar surface area (TPSA) is 75.7 Å². The summed E-state index contributed by atoms with van der Waals surface area (Å²) in [6.45, 7) is 0. The third kappa shape index (κ3) is 2.49. The summed E-state index contributed by atoms with van der Waals surface area (Å²) in [4.78, 5) is 41.5. The molecule has 3 aromatic carbocycles. The molecular weight excluding hydrogens is 320 g/mol. The normalized spacial score (nSPS) is 13.0. The van der Waals surface area contributed by atoms with E-state index in [0.717, 1.165) is 10.8 Å². The average molecular weight is 332 g/mol. The SMILES string of the molecule is O=C(Nc1cccc2ccccc12)ON1C(=O)c2ccccc2C1=O. The van der Waals surface area contributed by atoms with Gasteiger partial charge in [-0.25, -0.2) is 4.79 Å². The molecule has 0 atom stereocenters. The van der Waals surface area contributed by atoms with Gasteiger partial charge in [-0.1, -0.05) is 53.6 Å². The molecule has 0 radical (unpaired) electrons. The third-order valence-electron chi connectivity index (χ3n) is 3.96. The molecule has 6 nitrogen and oxygen atoms in total. The lowest BCUT2D eigenvalue weighted by Crippen LogP contribution is -2.34. The van der Waals surface area contributed by atoms with E-state index in [9.17, 15) is 14.4 Å². The van der Waals surface area contributed by atoms with Crippen LogP contribution in [0.2, 0.25) is 0 Å². The van der Waals surface area contributed by atoms with Gasteiger partial charge in [0.25, 0.3) is 11.8 Å². The second-order valence-corrected chi connectivity index (χ2v) is 5.48. The van der Waals surface area contributed by atoms with Crippen molar-refractivity contribution in [3.8, 4) is 0 Å². The Balaban J connectivity index is 1.55. The smallest absolute Gasteiger partial charge is 0.310 e. The number of rotatable bonds is 2. The van der Waals surface area contributed by atoms with Gasteiger partial charge in [0.1, 0.15) is 0 Å². The van der Waals surface area contributed by atoms with Gasteiger partial charge in [-0.05, 0) is 23.6 Å². The van der Waals surface area contributed by atoms with E-state index in [1.54, 1.807) is 24.3 Å². The Morgan fingerprint density at radius 2 is 1.40 bits per heavy atom. The van der Waals surface area contributed by atoms with Crippen molar-refractivity contribution in [2.75, 3.05) is 5.32 Å². The van der Waals surface area contributed by atoms with Gasteiger partial charge in [-0.3, -0.25) is 14.9 Å². The monoisotopic (exact) mass is 332 g/mol. The van der Waals surface area contributed by atoms with E-state index < -0.39 is 17.9 Å². The van der Waals surface area contributed by atoms with Crippen LogP contribution in [0.5, 0.6) is 0 Å². The molecule has 3 aromatic rings. The highest BCUT2D eigenvalue weighted by molar-refractivity contribution is 6.21. The molecule has 0 aromatic heterocycles. The number of hydroxylamine groups is 2. The Morgan fingerprint density at radius 1 is 0.800 bits per heavy atom. The number of benzene rings is 3. The zero-order chi connectivity index (χ0) is 17.4. The molecule has 122 valence electrons. The highest BCUT2D eigenvalue weighted by atomic mass is 16.7. The van der Waals surface area contributed by atoms with Crippen molar-refractivity contribution < 1.29 is 19.2 Å². The van der Waals surface area contributed by atoms with Crippen LogP contribution in [0.3, 0.4) is 0 Å². The number of nitrogens with one attached hydrogen (secondary N) is 1. The van der Waals surface area contributed by atoms with Crippen molar-refractivity contribution in [1.82, 2.24) is 5.06 Å². The molecule has 0 fully saturated rings. The molecule has 1 heterocycles. The Bertz CT molecular complexity index is 988. The summed E-state index contributed by atoms with van der Waals surface area (Å²) in [6.07, 6.45) is -0.911. The summed E-state index contributed by atoms with van der Waals surface area (Å²) in [6, 6.07) is 19.2. The lowest BCUT2D eigenvalue weighted by atomic mass is 10.1. The Morgan fingerprint density at radius 3 is 2.12 bits per heavy atom. The van der Waals surface area contributed by atoms with Crippen LogP contribution in [0.15, 0.2) is 66.7 Å². The van der Waals surface area contributed by atoms with E-state index in [4.69, 9.17) is 4.84 Å². The van der Waals surface area contributed by atoms with Crippen LogP contribution in [0.1, 0.15) is 20.7 Å². The first-order valence-electron chi connectivity index (χ1n) is 7.60. The first kappa shape index (κ1) is 14.9. The molecule has 1 N–H and O–H groups in total. The summed E-state index contributed by atoms with van der Waals surface area (Å²) >= 11 is 0. The molecule has 0 bridgehead atoms. The summed E-state index contributed by atoms with van der Waals surface area (Å²) in [5, 5.41) is 4.82. The largest absolute Gasteiger partial charge is 0.436 e. The minimum Gasteiger partial charge on any atom is -0.310 e. The van der Waals surface area contributed by atoms with Crippen molar-refractivity contribution in [3.63, 3.8) is 0 Å². The van der Waals surface area contributed by atoms with E-state index in [1.807, 2.05) is 30.3 Å². The number of carbonyl (C=O) groups excluding carboxylic acids is 3. The molecule has 0 aliphatic carbocycles. The standard InChI is InChI=1S/C19H12N2O4/c22-17-14-9-3-4-10-15(14)18(23)21(17)25-19(24)20-16-11-5-7-12-6-1-2-8-13(12)16/h1-11H,(H,20,24). The first-order valence-corrected chi connectivity index (χ1v) is 7.60. The van der Waals surface area contributed by atoms with Crippen molar-refractivity contribution in [2.45, 2.75) is 0 Å². The van der Waals surface area contributed by atoms with Gasteiger partial charge in [0, 0.05) is 5.39 Å². The first-order chi connectivity index (χ1) is 12.1. The third-order valence-corrected chi connectivity index (χ3v) is 3.96. The Hall–Kier alpha value is -3.67. The maximum Gasteiger partial charge on any atom is 0.436 e. The van der Waals surface area contributed by atoms with Crippen LogP contribution in [0.25, 0.3) is 10.8 Å². The number of hydrogen-bond donors (Lipinski definition) is 1. The zero-order valence-corrected chi connectivity index (χ0v) is 12.9. The number of hydrogen-bond acceptors (Lipinski definition) is 4. The predicted molar refractivity (Wildman–Crippen MR) is 91.0 cm³/mol. The number of imide groups is 1. The minimum atomic E-state index is -0.911. The highest BCUT2D eigenvalue weighted by Gasteiger charge is 2.38. The molecule has 0 saturated heterocycles. The summed E-state index contributed by atoms with van der Waals surface area (Å²) in [5.74, 6) is -1.32. The fourth-order valence-electron chi connectivity index (χ4n) is 2.80. The van der Waals surface area contributed by atoms with Crippen molar-refractivity contribution >= 4 is 34.4 Å². The molecule has 25 heavy (non-hydrogen) atoms. The van der Waals surface area contributed by atoms with Gasteiger partial charge in [-0.2, -0.15) is 0 Å². The van der Waals surface area contributed by atoms with Crippen LogP contribution in [0.4, 0.5) is 10.5 Å². The van der Waals surface area contributed by atoms with Gasteiger partial charge in [0.05, 0.1) is 16.8 Å². The minimum absolute atomic E-state index is 0.213. The van der Waals surface area contributed by atoms with Gasteiger partial charge in [0.15, 0.2) is 0 Å². The van der Waals surface area contributed by atoms with Crippen LogP contribution < -0.4 is 5.32 Å². The number of nitrogens with zero attached hydrogens (tertiary/aromatic N) is 1. The van der Waals surface area contributed by atoms with Gasteiger partial charge >= 0.3 is 6.09 Å². The fraction of sp³-hybridized carbons (Fsp3) is 0. The highest BCUT2D eigenvalue weighted by Crippen LogP contribution is 2.25. The van der Waals surface area contributed by atoms with Gasteiger partial charge in [0.2, 0.25) is 0 Å². The lowest BCUT2D eigenvalue weighted by molar-refractivity contribution is -0.0398. The van der Waals surface area contributed by atoms with E-state index in [2.05, 4.69) is 5.32 Å². The van der Waals surface area contributed by atoms with Crippen LogP contribution in [-0.4, -0.2) is 23.0 Å². The van der Waals surface area contributed by atoms with E-state index >= 15 is 0 Å². The molecule has 6 heteroatoms. The average Bonchev–Trinajstić information content (AvgIpc) is 2.87. The van der Waals surface area contributed by atoms with Gasteiger partial charge in [-0.15, -0.1) is 0 Å². The van der Waals surface area contributed by atoms with E-state index in [1.165, 1.54) is 12.1 Å². The number of fused-ring (bicyclic) bond motifs is 2. The molecule has 3 amide bonds. The maximum absolute atomic E-state index is 12.2. The number of amides is 3. The number of carbonyl (C=O) groups is 3. The predicted octanol–water partition coefficient (Wildman–Crippen LogP) is 3.60. The summed E-state index contributed by atoms with van der Waals surface area (Å²) in [7, 11) is 0. The summed E-state index contributed by atoms with van der Waals surface area (Å²) < 4.78 is 0.